The molecule has 1 aromatic rings. The molecule has 0 unspecified atom stereocenters. The van der Waals surface area contributed by atoms with Gasteiger partial charge in [0.25, 0.3) is 0 Å². The van der Waals surface area contributed by atoms with Gasteiger partial charge in [0.05, 0.1) is 5.56 Å². The Balaban J connectivity index is 2.05. The number of ketones is 1. The Morgan fingerprint density at radius 3 is 2.63 bits per heavy atom. The van der Waals surface area contributed by atoms with Crippen LogP contribution in [0.25, 0.3) is 0 Å². The van der Waals surface area contributed by atoms with Gasteiger partial charge in [0.15, 0.2) is 5.78 Å². The normalized spacial score (nSPS) is 23.3. The van der Waals surface area contributed by atoms with Crippen molar-refractivity contribution in [3.05, 3.63) is 23.4 Å². The van der Waals surface area contributed by atoms with Crippen molar-refractivity contribution < 1.29 is 4.79 Å². The topological polar surface area (TPSA) is 56.0 Å². The molecule has 3 heteroatoms. The molecule has 104 valence electrons. The first-order chi connectivity index (χ1) is 9.13. The molecule has 1 heterocycles. The van der Waals surface area contributed by atoms with E-state index in [-0.39, 0.29) is 11.7 Å². The summed E-state index contributed by atoms with van der Waals surface area (Å²) in [5, 5.41) is 0. The SMILES string of the molecule is CCCC1CCC(C(=O)c2c(C)ccnc2N)CC1. The third-order valence-corrected chi connectivity index (χ3v) is 4.35. The molecule has 19 heavy (non-hydrogen) atoms. The molecule has 0 radical (unpaired) electrons. The number of nitrogen functional groups attached to an aromatic ring is 1. The maximum absolute atomic E-state index is 12.6. The van der Waals surface area contributed by atoms with Crippen molar-refractivity contribution in [1.82, 2.24) is 4.98 Å². The summed E-state index contributed by atoms with van der Waals surface area (Å²) >= 11 is 0. The lowest BCUT2D eigenvalue weighted by Crippen LogP contribution is -2.23. The minimum absolute atomic E-state index is 0.151. The van der Waals surface area contributed by atoms with Gasteiger partial charge in [-0.1, -0.05) is 19.8 Å². The highest BCUT2D eigenvalue weighted by Gasteiger charge is 2.28. The Bertz CT molecular complexity index is 428. The van der Waals surface area contributed by atoms with E-state index in [4.69, 9.17) is 5.73 Å². The summed E-state index contributed by atoms with van der Waals surface area (Å²) in [6.07, 6.45) is 8.61. The number of anilines is 1. The van der Waals surface area contributed by atoms with Gasteiger partial charge in [0.1, 0.15) is 5.82 Å². The number of carbonyl (C=O) groups is 1. The first-order valence-corrected chi connectivity index (χ1v) is 7.38. The van der Waals surface area contributed by atoms with Gasteiger partial charge in [-0.25, -0.2) is 4.98 Å². The molecule has 1 saturated carbocycles. The van der Waals surface area contributed by atoms with Crippen molar-refractivity contribution in [3.8, 4) is 0 Å². The molecular formula is C16H24N2O. The first kappa shape index (κ1) is 14.0. The van der Waals surface area contributed by atoms with Gasteiger partial charge in [0.2, 0.25) is 0 Å². The second kappa shape index (κ2) is 6.18. The number of hydrogen-bond acceptors (Lipinski definition) is 3. The van der Waals surface area contributed by atoms with E-state index in [1.54, 1.807) is 6.20 Å². The van der Waals surface area contributed by atoms with Gasteiger partial charge in [-0.05, 0) is 50.2 Å². The van der Waals surface area contributed by atoms with Crippen molar-refractivity contribution in [3.63, 3.8) is 0 Å². The largest absolute Gasteiger partial charge is 0.383 e. The fourth-order valence-electron chi connectivity index (χ4n) is 3.23. The fourth-order valence-corrected chi connectivity index (χ4v) is 3.23. The molecule has 1 aliphatic rings. The van der Waals surface area contributed by atoms with E-state index in [1.165, 1.54) is 25.7 Å². The fraction of sp³-hybridized carbons (Fsp3) is 0.625. The molecule has 0 saturated heterocycles. The van der Waals surface area contributed by atoms with E-state index in [1.807, 2.05) is 13.0 Å². The summed E-state index contributed by atoms with van der Waals surface area (Å²) in [5.74, 6) is 1.57. The van der Waals surface area contributed by atoms with Crippen LogP contribution in [-0.2, 0) is 0 Å². The van der Waals surface area contributed by atoms with Gasteiger partial charge in [-0.15, -0.1) is 0 Å². The lowest BCUT2D eigenvalue weighted by Gasteiger charge is -2.27. The maximum atomic E-state index is 12.6. The molecule has 2 rings (SSSR count). The van der Waals surface area contributed by atoms with Crippen LogP contribution in [0.4, 0.5) is 5.82 Å². The second-order valence-corrected chi connectivity index (χ2v) is 5.76. The minimum Gasteiger partial charge on any atom is -0.383 e. The highest BCUT2D eigenvalue weighted by atomic mass is 16.1. The number of Topliss-reactive ketones (excluding diaryl/α,β-unsaturated/α-hetero) is 1. The molecule has 2 N–H and O–H groups in total. The highest BCUT2D eigenvalue weighted by molar-refractivity contribution is 6.02. The van der Waals surface area contributed by atoms with Crippen LogP contribution >= 0.6 is 0 Å². The van der Waals surface area contributed by atoms with E-state index in [0.29, 0.717) is 11.4 Å². The summed E-state index contributed by atoms with van der Waals surface area (Å²) in [4.78, 5) is 16.6. The van der Waals surface area contributed by atoms with Crippen LogP contribution in [0.5, 0.6) is 0 Å². The van der Waals surface area contributed by atoms with Crippen LogP contribution in [0.15, 0.2) is 12.3 Å². The number of carbonyl (C=O) groups excluding carboxylic acids is 1. The van der Waals surface area contributed by atoms with Crippen molar-refractivity contribution >= 4 is 11.6 Å². The molecule has 0 atom stereocenters. The van der Waals surface area contributed by atoms with Crippen molar-refractivity contribution in [1.29, 1.82) is 0 Å². The molecule has 3 nitrogen and oxygen atoms in total. The molecule has 0 amide bonds. The zero-order valence-corrected chi connectivity index (χ0v) is 12.0. The monoisotopic (exact) mass is 260 g/mol. The van der Waals surface area contributed by atoms with Crippen LogP contribution in [0.2, 0.25) is 0 Å². The quantitative estimate of drug-likeness (QED) is 0.838. The van der Waals surface area contributed by atoms with E-state index in [9.17, 15) is 4.79 Å². The average molecular weight is 260 g/mol. The zero-order valence-electron chi connectivity index (χ0n) is 12.0. The summed E-state index contributed by atoms with van der Waals surface area (Å²) in [6, 6.07) is 1.87. The van der Waals surface area contributed by atoms with Gasteiger partial charge >= 0.3 is 0 Å². The second-order valence-electron chi connectivity index (χ2n) is 5.76. The summed E-state index contributed by atoms with van der Waals surface area (Å²) < 4.78 is 0. The number of nitrogens with zero attached hydrogens (tertiary/aromatic N) is 1. The Labute approximate surface area is 115 Å². The van der Waals surface area contributed by atoms with E-state index >= 15 is 0 Å². The molecule has 1 aliphatic carbocycles. The maximum Gasteiger partial charge on any atom is 0.169 e. The van der Waals surface area contributed by atoms with Gasteiger partial charge in [-0.3, -0.25) is 4.79 Å². The van der Waals surface area contributed by atoms with Crippen molar-refractivity contribution in [2.45, 2.75) is 52.4 Å². The number of aromatic nitrogens is 1. The van der Waals surface area contributed by atoms with Crippen molar-refractivity contribution in [2.75, 3.05) is 5.73 Å². The standard InChI is InChI=1S/C16H24N2O/c1-3-4-12-5-7-13(8-6-12)15(19)14-11(2)9-10-18-16(14)17/h9-10,12-13H,3-8H2,1-2H3,(H2,17,18). The summed E-state index contributed by atoms with van der Waals surface area (Å²) in [7, 11) is 0. The number of aryl methyl sites for hydroxylation is 1. The van der Waals surface area contributed by atoms with Gasteiger partial charge < -0.3 is 5.73 Å². The number of pyridine rings is 1. The van der Waals surface area contributed by atoms with Gasteiger partial charge in [0, 0.05) is 12.1 Å². The Morgan fingerprint density at radius 2 is 2.05 bits per heavy atom. The Morgan fingerprint density at radius 1 is 1.37 bits per heavy atom. The van der Waals surface area contributed by atoms with E-state index in [2.05, 4.69) is 11.9 Å². The van der Waals surface area contributed by atoms with Crippen LogP contribution in [0.1, 0.15) is 61.4 Å². The van der Waals surface area contributed by atoms with E-state index < -0.39 is 0 Å². The molecule has 0 aromatic carbocycles. The molecule has 0 aliphatic heterocycles. The van der Waals surface area contributed by atoms with Crippen molar-refractivity contribution in [2.24, 2.45) is 11.8 Å². The third kappa shape index (κ3) is 3.14. The van der Waals surface area contributed by atoms with Gasteiger partial charge in [-0.2, -0.15) is 0 Å². The highest BCUT2D eigenvalue weighted by Crippen LogP contribution is 2.34. The summed E-state index contributed by atoms with van der Waals surface area (Å²) in [6.45, 7) is 4.17. The Hall–Kier alpha value is -1.38. The predicted octanol–water partition coefficient (Wildman–Crippen LogP) is 3.76. The minimum atomic E-state index is 0.151. The van der Waals surface area contributed by atoms with Crippen LogP contribution in [0, 0.1) is 18.8 Å². The molecule has 0 spiro atoms. The first-order valence-electron chi connectivity index (χ1n) is 7.38. The number of hydrogen-bond donors (Lipinski definition) is 1. The number of rotatable bonds is 4. The predicted molar refractivity (Wildman–Crippen MR) is 78.1 cm³/mol. The third-order valence-electron chi connectivity index (χ3n) is 4.35. The molecule has 0 bridgehead atoms. The van der Waals surface area contributed by atoms with Crippen LogP contribution < -0.4 is 5.73 Å². The van der Waals surface area contributed by atoms with E-state index in [0.717, 1.165) is 24.3 Å². The lowest BCUT2D eigenvalue weighted by atomic mass is 9.77. The Kier molecular flexibility index (Phi) is 4.56. The summed E-state index contributed by atoms with van der Waals surface area (Å²) in [5.41, 5.74) is 7.48. The molecule has 1 fully saturated rings. The zero-order chi connectivity index (χ0) is 13.8. The molecular weight excluding hydrogens is 236 g/mol. The average Bonchev–Trinajstić information content (AvgIpc) is 2.39. The molecule has 1 aromatic heterocycles. The lowest BCUT2D eigenvalue weighted by molar-refractivity contribution is 0.0870. The smallest absolute Gasteiger partial charge is 0.169 e. The number of nitrogens with two attached hydrogens (primary N) is 1. The van der Waals surface area contributed by atoms with Crippen LogP contribution in [-0.4, -0.2) is 10.8 Å². The van der Waals surface area contributed by atoms with Crippen LogP contribution in [0.3, 0.4) is 0 Å².